The van der Waals surface area contributed by atoms with Crippen LogP contribution in [0.15, 0.2) is 5.16 Å². The minimum atomic E-state index is -0.964. The molecule has 5 nitrogen and oxygen atoms in total. The molecule has 0 spiro atoms. The number of nitrogens with one attached hydrogen (secondary N) is 1. The van der Waals surface area contributed by atoms with Crippen molar-refractivity contribution in [2.45, 2.75) is 54.0 Å². The molecular formula is C12H25N3O2. The molecule has 0 aromatic rings. The van der Waals surface area contributed by atoms with Gasteiger partial charge in [0.15, 0.2) is 5.84 Å². The largest absolute Gasteiger partial charge is 0.409 e. The number of nitrogens with zero attached hydrogens (tertiary/aromatic N) is 1. The zero-order valence-corrected chi connectivity index (χ0v) is 11.7. The lowest BCUT2D eigenvalue weighted by molar-refractivity contribution is -0.128. The van der Waals surface area contributed by atoms with Crippen molar-refractivity contribution in [2.75, 3.05) is 0 Å². The van der Waals surface area contributed by atoms with Crippen molar-refractivity contribution in [1.29, 1.82) is 0 Å². The van der Waals surface area contributed by atoms with Gasteiger partial charge in [0.25, 0.3) is 0 Å². The molecule has 0 saturated carbocycles. The van der Waals surface area contributed by atoms with E-state index in [9.17, 15) is 4.79 Å². The van der Waals surface area contributed by atoms with Gasteiger partial charge in [-0.15, -0.1) is 0 Å². The van der Waals surface area contributed by atoms with Gasteiger partial charge in [-0.1, -0.05) is 32.9 Å². The summed E-state index contributed by atoms with van der Waals surface area (Å²) in [4.78, 5) is 12.2. The van der Waals surface area contributed by atoms with Crippen LogP contribution in [-0.4, -0.2) is 23.0 Å². The van der Waals surface area contributed by atoms with Crippen molar-refractivity contribution < 1.29 is 10.0 Å². The molecule has 0 aromatic heterocycles. The quantitative estimate of drug-likeness (QED) is 0.304. The van der Waals surface area contributed by atoms with Crippen molar-refractivity contribution in [2.24, 2.45) is 21.7 Å². The maximum Gasteiger partial charge on any atom is 0.233 e. The number of carbonyl (C=O) groups excluding carboxylic acids is 1. The SMILES string of the molecule is CCC(C)(C(=O)NC(C)C(C)(C)C)C(N)=NO. The Morgan fingerprint density at radius 3 is 2.18 bits per heavy atom. The molecule has 0 aromatic carbocycles. The van der Waals surface area contributed by atoms with Crippen LogP contribution in [0.25, 0.3) is 0 Å². The zero-order chi connectivity index (χ0) is 13.9. The second-order valence-electron chi connectivity index (χ2n) is 5.73. The van der Waals surface area contributed by atoms with Gasteiger partial charge < -0.3 is 16.3 Å². The highest BCUT2D eigenvalue weighted by molar-refractivity contribution is 6.06. The summed E-state index contributed by atoms with van der Waals surface area (Å²) in [6.07, 6.45) is 0.478. The van der Waals surface area contributed by atoms with Gasteiger partial charge in [-0.3, -0.25) is 4.79 Å². The van der Waals surface area contributed by atoms with Crippen LogP contribution in [0.3, 0.4) is 0 Å². The van der Waals surface area contributed by atoms with Gasteiger partial charge in [-0.25, -0.2) is 0 Å². The Bertz CT molecular complexity index is 307. The monoisotopic (exact) mass is 243 g/mol. The maximum absolute atomic E-state index is 12.2. The van der Waals surface area contributed by atoms with Gasteiger partial charge in [-0.05, 0) is 25.7 Å². The topological polar surface area (TPSA) is 87.7 Å². The number of carbonyl (C=O) groups is 1. The first-order chi connectivity index (χ1) is 7.59. The smallest absolute Gasteiger partial charge is 0.233 e. The molecule has 5 heteroatoms. The minimum absolute atomic E-state index is 0.00682. The fourth-order valence-electron chi connectivity index (χ4n) is 1.14. The lowest BCUT2D eigenvalue weighted by atomic mass is 9.82. The number of amides is 1. The number of amidine groups is 1. The zero-order valence-electron chi connectivity index (χ0n) is 11.7. The van der Waals surface area contributed by atoms with Crippen LogP contribution < -0.4 is 11.1 Å². The summed E-state index contributed by atoms with van der Waals surface area (Å²) < 4.78 is 0. The predicted octanol–water partition coefficient (Wildman–Crippen LogP) is 1.70. The third-order valence-electron chi connectivity index (χ3n) is 3.53. The molecule has 0 heterocycles. The summed E-state index contributed by atoms with van der Waals surface area (Å²) in [6.45, 7) is 11.6. The first-order valence-corrected chi connectivity index (χ1v) is 5.88. The summed E-state index contributed by atoms with van der Waals surface area (Å²) in [6, 6.07) is 0.00682. The van der Waals surface area contributed by atoms with Crippen LogP contribution in [0.2, 0.25) is 0 Å². The van der Waals surface area contributed by atoms with Crippen molar-refractivity contribution in [3.63, 3.8) is 0 Å². The van der Waals surface area contributed by atoms with E-state index in [0.717, 1.165) is 0 Å². The Kier molecular flexibility index (Phi) is 4.98. The van der Waals surface area contributed by atoms with Gasteiger partial charge in [0.2, 0.25) is 5.91 Å². The van der Waals surface area contributed by atoms with E-state index in [1.165, 1.54) is 0 Å². The van der Waals surface area contributed by atoms with Gasteiger partial charge in [0, 0.05) is 6.04 Å². The highest BCUT2D eigenvalue weighted by Gasteiger charge is 2.38. The third kappa shape index (κ3) is 3.61. The fourth-order valence-corrected chi connectivity index (χ4v) is 1.14. The summed E-state index contributed by atoms with van der Waals surface area (Å²) in [7, 11) is 0. The van der Waals surface area contributed by atoms with Crippen LogP contribution in [0.1, 0.15) is 48.0 Å². The van der Waals surface area contributed by atoms with E-state index in [0.29, 0.717) is 6.42 Å². The Morgan fingerprint density at radius 2 is 1.88 bits per heavy atom. The van der Waals surface area contributed by atoms with Gasteiger partial charge >= 0.3 is 0 Å². The Balaban J connectivity index is 4.92. The van der Waals surface area contributed by atoms with Crippen LogP contribution in [0.5, 0.6) is 0 Å². The van der Waals surface area contributed by atoms with E-state index in [2.05, 4.69) is 10.5 Å². The molecule has 0 aliphatic heterocycles. The predicted molar refractivity (Wildman–Crippen MR) is 68.9 cm³/mol. The number of oxime groups is 1. The van der Waals surface area contributed by atoms with Crippen LogP contribution in [-0.2, 0) is 4.79 Å². The van der Waals surface area contributed by atoms with Crippen molar-refractivity contribution in [1.82, 2.24) is 5.32 Å². The Morgan fingerprint density at radius 1 is 1.41 bits per heavy atom. The number of hydrogen-bond donors (Lipinski definition) is 3. The molecule has 17 heavy (non-hydrogen) atoms. The lowest BCUT2D eigenvalue weighted by Crippen LogP contribution is -2.52. The van der Waals surface area contributed by atoms with Crippen LogP contribution in [0.4, 0.5) is 0 Å². The number of nitrogens with two attached hydrogens (primary N) is 1. The fraction of sp³-hybridized carbons (Fsp3) is 0.833. The average Bonchev–Trinajstić information content (AvgIpc) is 2.25. The molecule has 2 atom stereocenters. The average molecular weight is 243 g/mol. The van der Waals surface area contributed by atoms with Gasteiger partial charge in [0.1, 0.15) is 5.41 Å². The van der Waals surface area contributed by atoms with Gasteiger partial charge in [-0.2, -0.15) is 0 Å². The van der Waals surface area contributed by atoms with Crippen LogP contribution in [0, 0.1) is 10.8 Å². The van der Waals surface area contributed by atoms with Crippen LogP contribution >= 0.6 is 0 Å². The Hall–Kier alpha value is -1.26. The lowest BCUT2D eigenvalue weighted by Gasteiger charge is -2.33. The maximum atomic E-state index is 12.2. The Labute approximate surface area is 103 Å². The molecule has 0 saturated heterocycles. The van der Waals surface area contributed by atoms with E-state index in [1.54, 1.807) is 6.92 Å². The normalized spacial score (nSPS) is 18.4. The highest BCUT2D eigenvalue weighted by atomic mass is 16.4. The van der Waals surface area contributed by atoms with E-state index in [-0.39, 0.29) is 23.2 Å². The van der Waals surface area contributed by atoms with Crippen molar-refractivity contribution in [3.05, 3.63) is 0 Å². The first kappa shape index (κ1) is 15.7. The van der Waals surface area contributed by atoms with E-state index in [4.69, 9.17) is 10.9 Å². The molecule has 0 fully saturated rings. The molecule has 0 rings (SSSR count). The summed E-state index contributed by atoms with van der Waals surface area (Å²) in [5.41, 5.74) is 4.59. The van der Waals surface area contributed by atoms with E-state index in [1.807, 2.05) is 34.6 Å². The standard InChI is InChI=1S/C12H25N3O2/c1-7-12(6,9(13)15-17)10(16)14-8(2)11(3,4)5/h8,17H,7H2,1-6H3,(H2,13,15)(H,14,16). The highest BCUT2D eigenvalue weighted by Crippen LogP contribution is 2.24. The molecule has 2 unspecified atom stereocenters. The van der Waals surface area contributed by atoms with E-state index < -0.39 is 5.41 Å². The van der Waals surface area contributed by atoms with Crippen molar-refractivity contribution >= 4 is 11.7 Å². The number of hydrogen-bond acceptors (Lipinski definition) is 3. The summed E-state index contributed by atoms with van der Waals surface area (Å²) in [5.74, 6) is -0.267. The number of rotatable bonds is 4. The molecule has 0 aliphatic rings. The van der Waals surface area contributed by atoms with E-state index >= 15 is 0 Å². The molecule has 4 N–H and O–H groups in total. The summed E-state index contributed by atoms with van der Waals surface area (Å²) >= 11 is 0. The summed E-state index contributed by atoms with van der Waals surface area (Å²) in [5, 5.41) is 14.6. The molecule has 0 radical (unpaired) electrons. The molecule has 100 valence electrons. The minimum Gasteiger partial charge on any atom is -0.409 e. The molecule has 1 amide bonds. The van der Waals surface area contributed by atoms with Crippen molar-refractivity contribution in [3.8, 4) is 0 Å². The first-order valence-electron chi connectivity index (χ1n) is 5.88. The molecular weight excluding hydrogens is 218 g/mol. The third-order valence-corrected chi connectivity index (χ3v) is 3.53. The second kappa shape index (κ2) is 5.38. The van der Waals surface area contributed by atoms with Gasteiger partial charge in [0.05, 0.1) is 0 Å². The second-order valence-corrected chi connectivity index (χ2v) is 5.73. The molecule has 0 bridgehead atoms. The molecule has 0 aliphatic carbocycles.